The van der Waals surface area contributed by atoms with Crippen LogP contribution in [0.2, 0.25) is 5.02 Å². The maximum Gasteiger partial charge on any atom is 0.0875 e. The zero-order chi connectivity index (χ0) is 11.1. The molecule has 1 aliphatic rings. The van der Waals surface area contributed by atoms with Gasteiger partial charge >= 0.3 is 0 Å². The Morgan fingerprint density at radius 3 is 3.12 bits per heavy atom. The highest BCUT2D eigenvalue weighted by Crippen LogP contribution is 2.29. The van der Waals surface area contributed by atoms with Crippen molar-refractivity contribution in [3.8, 4) is 0 Å². The molecule has 0 bridgehead atoms. The van der Waals surface area contributed by atoms with E-state index in [4.69, 9.17) is 11.6 Å². The molecule has 1 saturated heterocycles. The first-order valence-electron chi connectivity index (χ1n) is 5.61. The number of nitrogens with zero attached hydrogens (tertiary/aromatic N) is 2. The van der Waals surface area contributed by atoms with Gasteiger partial charge in [0.2, 0.25) is 0 Å². The van der Waals surface area contributed by atoms with E-state index >= 15 is 0 Å². The lowest BCUT2D eigenvalue weighted by atomic mass is 10.2. The molecule has 2 aromatic rings. The number of benzene rings is 1. The summed E-state index contributed by atoms with van der Waals surface area (Å²) in [5.41, 5.74) is 2.14. The molecule has 1 N–H and O–H groups in total. The van der Waals surface area contributed by atoms with E-state index in [-0.39, 0.29) is 0 Å². The van der Waals surface area contributed by atoms with Gasteiger partial charge in [-0.25, -0.2) is 0 Å². The molecule has 1 fully saturated rings. The fourth-order valence-corrected chi connectivity index (χ4v) is 2.68. The molecule has 3 rings (SSSR count). The van der Waals surface area contributed by atoms with Crippen molar-refractivity contribution in [2.24, 2.45) is 0 Å². The molecular weight excluding hydrogens is 222 g/mol. The van der Waals surface area contributed by atoms with Gasteiger partial charge in [-0.2, -0.15) is 5.10 Å². The number of aryl methyl sites for hydroxylation is 1. The van der Waals surface area contributed by atoms with Crippen LogP contribution in [0, 0.1) is 6.92 Å². The van der Waals surface area contributed by atoms with Crippen LogP contribution in [-0.2, 0) is 0 Å². The summed E-state index contributed by atoms with van der Waals surface area (Å²) in [6, 6.07) is 6.44. The van der Waals surface area contributed by atoms with Crippen LogP contribution in [0.4, 0.5) is 0 Å². The summed E-state index contributed by atoms with van der Waals surface area (Å²) in [4.78, 5) is 0. The van der Waals surface area contributed by atoms with Crippen LogP contribution >= 0.6 is 11.6 Å². The number of hydrogen-bond donors (Lipinski definition) is 1. The number of hydrogen-bond acceptors (Lipinski definition) is 2. The summed E-state index contributed by atoms with van der Waals surface area (Å²) in [7, 11) is 0. The zero-order valence-corrected chi connectivity index (χ0v) is 9.96. The van der Waals surface area contributed by atoms with Crippen LogP contribution in [0.25, 0.3) is 10.9 Å². The lowest BCUT2D eigenvalue weighted by Crippen LogP contribution is -2.14. The molecule has 1 unspecified atom stereocenters. The van der Waals surface area contributed by atoms with E-state index in [0.717, 1.165) is 35.7 Å². The Morgan fingerprint density at radius 1 is 1.50 bits per heavy atom. The first-order chi connectivity index (χ1) is 7.77. The van der Waals surface area contributed by atoms with E-state index in [9.17, 15) is 0 Å². The van der Waals surface area contributed by atoms with Crippen LogP contribution in [0.15, 0.2) is 18.2 Å². The number of nitrogens with one attached hydrogen (secondary N) is 1. The van der Waals surface area contributed by atoms with E-state index in [1.807, 2.05) is 19.1 Å². The fourth-order valence-electron chi connectivity index (χ4n) is 2.42. The van der Waals surface area contributed by atoms with Crippen molar-refractivity contribution in [2.45, 2.75) is 19.4 Å². The number of aromatic nitrogens is 2. The van der Waals surface area contributed by atoms with Crippen molar-refractivity contribution in [3.05, 3.63) is 28.9 Å². The van der Waals surface area contributed by atoms with Crippen molar-refractivity contribution in [2.75, 3.05) is 13.1 Å². The van der Waals surface area contributed by atoms with Gasteiger partial charge in [0.05, 0.1) is 22.3 Å². The van der Waals surface area contributed by atoms with Gasteiger partial charge in [-0.15, -0.1) is 0 Å². The lowest BCUT2D eigenvalue weighted by molar-refractivity contribution is 0.504. The molecule has 84 valence electrons. The van der Waals surface area contributed by atoms with E-state index in [1.165, 1.54) is 5.39 Å². The first-order valence-corrected chi connectivity index (χ1v) is 5.99. The number of rotatable bonds is 1. The molecule has 0 aliphatic carbocycles. The van der Waals surface area contributed by atoms with Gasteiger partial charge in [-0.3, -0.25) is 4.68 Å². The molecule has 0 saturated carbocycles. The minimum absolute atomic E-state index is 0.441. The lowest BCUT2D eigenvalue weighted by Gasteiger charge is -2.11. The van der Waals surface area contributed by atoms with E-state index in [1.54, 1.807) is 0 Å². The average Bonchev–Trinajstić information content (AvgIpc) is 2.87. The minimum atomic E-state index is 0.441. The highest BCUT2D eigenvalue weighted by molar-refractivity contribution is 6.35. The Bertz CT molecular complexity index is 526. The normalized spacial score (nSPS) is 20.8. The molecule has 0 spiro atoms. The molecule has 1 aromatic heterocycles. The Hall–Kier alpha value is -1.06. The SMILES string of the molecule is Cc1nn(C2CCNC2)c2c(Cl)cccc12. The monoisotopic (exact) mass is 235 g/mol. The van der Waals surface area contributed by atoms with Gasteiger partial charge in [0.1, 0.15) is 0 Å². The molecule has 16 heavy (non-hydrogen) atoms. The standard InChI is InChI=1S/C12H14ClN3/c1-8-10-3-2-4-11(13)12(10)16(15-8)9-5-6-14-7-9/h2-4,9,14H,5-7H2,1H3. The van der Waals surface area contributed by atoms with Gasteiger partial charge in [-0.05, 0) is 26.0 Å². The zero-order valence-electron chi connectivity index (χ0n) is 9.20. The van der Waals surface area contributed by atoms with Crippen LogP contribution in [0.1, 0.15) is 18.2 Å². The van der Waals surface area contributed by atoms with Crippen molar-refractivity contribution in [1.82, 2.24) is 15.1 Å². The topological polar surface area (TPSA) is 29.9 Å². The summed E-state index contributed by atoms with van der Waals surface area (Å²) in [6.45, 7) is 4.09. The summed E-state index contributed by atoms with van der Waals surface area (Å²) in [5.74, 6) is 0. The van der Waals surface area contributed by atoms with Crippen LogP contribution in [0.5, 0.6) is 0 Å². The highest BCUT2D eigenvalue weighted by atomic mass is 35.5. The fraction of sp³-hybridized carbons (Fsp3) is 0.417. The first kappa shape index (κ1) is 10.1. The van der Waals surface area contributed by atoms with E-state index < -0.39 is 0 Å². The van der Waals surface area contributed by atoms with Gasteiger partial charge in [0.15, 0.2) is 0 Å². The predicted molar refractivity (Wildman–Crippen MR) is 66.0 cm³/mol. The van der Waals surface area contributed by atoms with Crippen molar-refractivity contribution in [3.63, 3.8) is 0 Å². The summed E-state index contributed by atoms with van der Waals surface area (Å²) in [6.07, 6.45) is 1.13. The van der Waals surface area contributed by atoms with E-state index in [0.29, 0.717) is 6.04 Å². The van der Waals surface area contributed by atoms with Gasteiger partial charge in [0, 0.05) is 11.9 Å². The molecule has 2 heterocycles. The molecule has 1 atom stereocenters. The molecule has 1 aliphatic heterocycles. The van der Waals surface area contributed by atoms with Gasteiger partial charge < -0.3 is 5.32 Å². The second-order valence-corrected chi connectivity index (χ2v) is 4.72. The Kier molecular flexibility index (Phi) is 2.37. The summed E-state index contributed by atoms with van der Waals surface area (Å²) >= 11 is 6.27. The maximum atomic E-state index is 6.27. The third-order valence-corrected chi connectivity index (χ3v) is 3.55. The predicted octanol–water partition coefficient (Wildman–Crippen LogP) is 2.53. The smallest absolute Gasteiger partial charge is 0.0875 e. The van der Waals surface area contributed by atoms with Gasteiger partial charge in [0.25, 0.3) is 0 Å². The van der Waals surface area contributed by atoms with Gasteiger partial charge in [-0.1, -0.05) is 23.7 Å². The molecule has 3 nitrogen and oxygen atoms in total. The number of halogens is 1. The number of para-hydroxylation sites is 1. The third-order valence-electron chi connectivity index (χ3n) is 3.24. The van der Waals surface area contributed by atoms with Crippen LogP contribution in [-0.4, -0.2) is 22.9 Å². The Labute approximate surface area is 99.4 Å². The molecule has 0 radical (unpaired) electrons. The highest BCUT2D eigenvalue weighted by Gasteiger charge is 2.21. The maximum absolute atomic E-state index is 6.27. The minimum Gasteiger partial charge on any atom is -0.315 e. The summed E-state index contributed by atoms with van der Waals surface area (Å²) in [5, 5.41) is 9.95. The molecular formula is C12H14ClN3. The second kappa shape index (κ2) is 3.75. The average molecular weight is 236 g/mol. The van der Waals surface area contributed by atoms with Crippen molar-refractivity contribution < 1.29 is 0 Å². The number of fused-ring (bicyclic) bond motifs is 1. The van der Waals surface area contributed by atoms with Crippen LogP contribution < -0.4 is 5.32 Å². The Morgan fingerprint density at radius 2 is 2.38 bits per heavy atom. The largest absolute Gasteiger partial charge is 0.315 e. The molecule has 1 aromatic carbocycles. The molecule has 0 amide bonds. The van der Waals surface area contributed by atoms with Crippen molar-refractivity contribution in [1.29, 1.82) is 0 Å². The second-order valence-electron chi connectivity index (χ2n) is 4.31. The Balaban J connectivity index is 2.24. The van der Waals surface area contributed by atoms with Crippen molar-refractivity contribution >= 4 is 22.5 Å². The third kappa shape index (κ3) is 1.43. The quantitative estimate of drug-likeness (QED) is 0.823. The van der Waals surface area contributed by atoms with E-state index in [2.05, 4.69) is 21.2 Å². The van der Waals surface area contributed by atoms with Crippen LogP contribution in [0.3, 0.4) is 0 Å². The summed E-state index contributed by atoms with van der Waals surface area (Å²) < 4.78 is 2.09. The molecule has 4 heteroatoms.